The SMILES string of the molecule is CCN(C(=O)C1CC(N)CCC1C)C(C)CN(C)C. The first-order chi connectivity index (χ1) is 8.86. The molecular weight excluding hydrogens is 238 g/mol. The molecule has 4 atom stereocenters. The molecule has 4 unspecified atom stereocenters. The second-order valence-electron chi connectivity index (χ2n) is 6.39. The lowest BCUT2D eigenvalue weighted by atomic mass is 9.77. The third kappa shape index (κ3) is 4.46. The summed E-state index contributed by atoms with van der Waals surface area (Å²) in [7, 11) is 4.10. The van der Waals surface area contributed by atoms with Gasteiger partial charge in [-0.2, -0.15) is 0 Å². The van der Waals surface area contributed by atoms with Gasteiger partial charge >= 0.3 is 0 Å². The van der Waals surface area contributed by atoms with Gasteiger partial charge in [-0.05, 0) is 53.1 Å². The zero-order valence-electron chi connectivity index (χ0n) is 13.2. The highest BCUT2D eigenvalue weighted by Crippen LogP contribution is 2.31. The van der Waals surface area contributed by atoms with Crippen molar-refractivity contribution in [3.63, 3.8) is 0 Å². The average Bonchev–Trinajstić information content (AvgIpc) is 2.32. The Morgan fingerprint density at radius 3 is 2.53 bits per heavy atom. The molecule has 0 saturated heterocycles. The summed E-state index contributed by atoms with van der Waals surface area (Å²) >= 11 is 0. The number of rotatable bonds is 5. The van der Waals surface area contributed by atoms with Crippen LogP contribution in [0.15, 0.2) is 0 Å². The van der Waals surface area contributed by atoms with Gasteiger partial charge in [-0.25, -0.2) is 0 Å². The first kappa shape index (κ1) is 16.4. The Balaban J connectivity index is 2.71. The number of amides is 1. The van der Waals surface area contributed by atoms with Crippen molar-refractivity contribution in [2.45, 2.75) is 52.1 Å². The van der Waals surface area contributed by atoms with Crippen LogP contribution in [0.1, 0.15) is 40.0 Å². The monoisotopic (exact) mass is 269 g/mol. The van der Waals surface area contributed by atoms with Gasteiger partial charge < -0.3 is 15.5 Å². The van der Waals surface area contributed by atoms with Crippen LogP contribution >= 0.6 is 0 Å². The standard InChI is InChI=1S/C15H31N3O/c1-6-18(12(3)10-17(4)5)15(19)14-9-13(16)8-7-11(14)2/h11-14H,6-10,16H2,1-5H3. The van der Waals surface area contributed by atoms with Crippen molar-refractivity contribution in [2.24, 2.45) is 17.6 Å². The molecule has 2 N–H and O–H groups in total. The number of likely N-dealkylation sites (N-methyl/N-ethyl adjacent to an activating group) is 2. The zero-order chi connectivity index (χ0) is 14.6. The van der Waals surface area contributed by atoms with Crippen molar-refractivity contribution in [1.82, 2.24) is 9.80 Å². The summed E-state index contributed by atoms with van der Waals surface area (Å²) in [6, 6.07) is 0.464. The minimum Gasteiger partial charge on any atom is -0.339 e. The molecular formula is C15H31N3O. The van der Waals surface area contributed by atoms with Gasteiger partial charge in [-0.3, -0.25) is 4.79 Å². The lowest BCUT2D eigenvalue weighted by Gasteiger charge is -2.38. The molecule has 4 heteroatoms. The van der Waals surface area contributed by atoms with E-state index in [1.165, 1.54) is 0 Å². The highest BCUT2D eigenvalue weighted by atomic mass is 16.2. The molecule has 0 bridgehead atoms. The summed E-state index contributed by atoms with van der Waals surface area (Å²) in [6.45, 7) is 8.09. The molecule has 1 aliphatic carbocycles. The summed E-state index contributed by atoms with van der Waals surface area (Å²) in [5.41, 5.74) is 6.04. The predicted octanol–water partition coefficient (Wildman–Crippen LogP) is 1.55. The number of hydrogen-bond acceptors (Lipinski definition) is 3. The maximum Gasteiger partial charge on any atom is 0.226 e. The third-order valence-electron chi connectivity index (χ3n) is 4.34. The van der Waals surface area contributed by atoms with Gasteiger partial charge in [0, 0.05) is 31.1 Å². The van der Waals surface area contributed by atoms with Crippen molar-refractivity contribution in [1.29, 1.82) is 0 Å². The molecule has 1 rings (SSSR count). The second-order valence-corrected chi connectivity index (χ2v) is 6.39. The fourth-order valence-electron chi connectivity index (χ4n) is 3.22. The summed E-state index contributed by atoms with van der Waals surface area (Å²) in [4.78, 5) is 16.9. The number of carbonyl (C=O) groups excluding carboxylic acids is 1. The molecule has 19 heavy (non-hydrogen) atoms. The van der Waals surface area contributed by atoms with Gasteiger partial charge in [0.25, 0.3) is 0 Å². The Morgan fingerprint density at radius 2 is 2.00 bits per heavy atom. The van der Waals surface area contributed by atoms with Crippen LogP contribution in [0.25, 0.3) is 0 Å². The maximum atomic E-state index is 12.8. The van der Waals surface area contributed by atoms with Gasteiger partial charge in [-0.15, -0.1) is 0 Å². The van der Waals surface area contributed by atoms with Crippen LogP contribution < -0.4 is 5.73 Å². The lowest BCUT2D eigenvalue weighted by Crippen LogP contribution is -2.49. The summed E-state index contributed by atoms with van der Waals surface area (Å²) in [5, 5.41) is 0. The lowest BCUT2D eigenvalue weighted by molar-refractivity contribution is -0.140. The van der Waals surface area contributed by atoms with Crippen LogP contribution in [-0.4, -0.2) is 55.0 Å². The molecule has 0 spiro atoms. The van der Waals surface area contributed by atoms with Crippen LogP contribution in [0.3, 0.4) is 0 Å². The number of nitrogens with zero attached hydrogens (tertiary/aromatic N) is 2. The van der Waals surface area contributed by atoms with E-state index in [9.17, 15) is 4.79 Å². The molecule has 1 aliphatic rings. The Hall–Kier alpha value is -0.610. The van der Waals surface area contributed by atoms with E-state index in [1.807, 2.05) is 19.0 Å². The van der Waals surface area contributed by atoms with Crippen LogP contribution in [-0.2, 0) is 4.79 Å². The second kappa shape index (κ2) is 7.25. The van der Waals surface area contributed by atoms with Crippen molar-refractivity contribution in [3.8, 4) is 0 Å². The topological polar surface area (TPSA) is 49.6 Å². The van der Waals surface area contributed by atoms with Crippen LogP contribution in [0.4, 0.5) is 0 Å². The molecule has 0 aromatic rings. The van der Waals surface area contributed by atoms with Gasteiger partial charge in [0.15, 0.2) is 0 Å². The molecule has 1 amide bonds. The molecule has 0 radical (unpaired) electrons. The molecule has 4 nitrogen and oxygen atoms in total. The van der Waals surface area contributed by atoms with E-state index in [0.717, 1.165) is 32.4 Å². The van der Waals surface area contributed by atoms with Gasteiger partial charge in [0.1, 0.15) is 0 Å². The molecule has 112 valence electrons. The van der Waals surface area contributed by atoms with E-state index in [1.54, 1.807) is 0 Å². The van der Waals surface area contributed by atoms with E-state index in [4.69, 9.17) is 5.73 Å². The highest BCUT2D eigenvalue weighted by molar-refractivity contribution is 5.79. The highest BCUT2D eigenvalue weighted by Gasteiger charge is 2.34. The smallest absolute Gasteiger partial charge is 0.226 e. The van der Waals surface area contributed by atoms with E-state index < -0.39 is 0 Å². The fraction of sp³-hybridized carbons (Fsp3) is 0.933. The Bertz CT molecular complexity index is 293. The third-order valence-corrected chi connectivity index (χ3v) is 4.34. The van der Waals surface area contributed by atoms with Crippen molar-refractivity contribution in [2.75, 3.05) is 27.2 Å². The van der Waals surface area contributed by atoms with E-state index in [0.29, 0.717) is 11.8 Å². The fourth-order valence-corrected chi connectivity index (χ4v) is 3.22. The van der Waals surface area contributed by atoms with Crippen LogP contribution in [0.2, 0.25) is 0 Å². The maximum absolute atomic E-state index is 12.8. The quantitative estimate of drug-likeness (QED) is 0.824. The van der Waals surface area contributed by atoms with Gasteiger partial charge in [0.05, 0.1) is 0 Å². The molecule has 0 aromatic heterocycles. The van der Waals surface area contributed by atoms with E-state index >= 15 is 0 Å². The van der Waals surface area contributed by atoms with Crippen molar-refractivity contribution < 1.29 is 4.79 Å². The molecule has 1 saturated carbocycles. The van der Waals surface area contributed by atoms with E-state index in [-0.39, 0.29) is 18.0 Å². The normalized spacial score (nSPS) is 29.3. The number of nitrogens with two attached hydrogens (primary N) is 1. The van der Waals surface area contributed by atoms with E-state index in [2.05, 4.69) is 25.7 Å². The van der Waals surface area contributed by atoms with Crippen molar-refractivity contribution in [3.05, 3.63) is 0 Å². The Morgan fingerprint density at radius 1 is 1.37 bits per heavy atom. The Kier molecular flexibility index (Phi) is 6.27. The zero-order valence-corrected chi connectivity index (χ0v) is 13.2. The van der Waals surface area contributed by atoms with Crippen LogP contribution in [0, 0.1) is 11.8 Å². The molecule has 0 aromatic carbocycles. The average molecular weight is 269 g/mol. The minimum atomic E-state index is 0.119. The molecule has 0 heterocycles. The van der Waals surface area contributed by atoms with Gasteiger partial charge in [-0.1, -0.05) is 6.92 Å². The first-order valence-electron chi connectivity index (χ1n) is 7.57. The van der Waals surface area contributed by atoms with Crippen LogP contribution in [0.5, 0.6) is 0 Å². The summed E-state index contributed by atoms with van der Waals surface area (Å²) in [5.74, 6) is 0.890. The Labute approximate surface area is 118 Å². The largest absolute Gasteiger partial charge is 0.339 e. The predicted molar refractivity (Wildman–Crippen MR) is 79.9 cm³/mol. The minimum absolute atomic E-state index is 0.119. The number of carbonyl (C=O) groups is 1. The summed E-state index contributed by atoms with van der Waals surface area (Å²) < 4.78 is 0. The molecule has 1 fully saturated rings. The van der Waals surface area contributed by atoms with Crippen molar-refractivity contribution >= 4 is 5.91 Å². The summed E-state index contributed by atoms with van der Waals surface area (Å²) in [6.07, 6.45) is 2.99. The first-order valence-corrected chi connectivity index (χ1v) is 7.57. The number of hydrogen-bond donors (Lipinski definition) is 1. The molecule has 0 aliphatic heterocycles. The van der Waals surface area contributed by atoms with Gasteiger partial charge in [0.2, 0.25) is 5.91 Å².